The third-order valence-electron chi connectivity index (χ3n) is 3.72. The van der Waals surface area contributed by atoms with Crippen molar-refractivity contribution in [2.45, 2.75) is 12.6 Å². The van der Waals surface area contributed by atoms with E-state index in [1.165, 1.54) is 30.5 Å². The van der Waals surface area contributed by atoms with Crippen LogP contribution in [0.2, 0.25) is 0 Å². The molecule has 0 saturated carbocycles. The number of nitrogens with zero attached hydrogens (tertiary/aromatic N) is 3. The molecule has 1 atom stereocenters. The van der Waals surface area contributed by atoms with Gasteiger partial charge in [-0.2, -0.15) is 0 Å². The van der Waals surface area contributed by atoms with Crippen LogP contribution in [0.3, 0.4) is 0 Å². The molecule has 0 bridgehead atoms. The zero-order chi connectivity index (χ0) is 18.0. The number of aromatic nitrogens is 2. The summed E-state index contributed by atoms with van der Waals surface area (Å²) in [7, 11) is 0. The van der Waals surface area contributed by atoms with Crippen LogP contribution in [0.25, 0.3) is 11.4 Å². The highest BCUT2D eigenvalue weighted by Gasteiger charge is 2.17. The van der Waals surface area contributed by atoms with Gasteiger partial charge in [-0.05, 0) is 6.07 Å². The number of rotatable bonds is 5. The molecular formula is C17H13F2N3O3. The summed E-state index contributed by atoms with van der Waals surface area (Å²) < 4.78 is 28.3. The third kappa shape index (κ3) is 3.53. The van der Waals surface area contributed by atoms with Crippen LogP contribution in [0.4, 0.5) is 14.5 Å². The first-order valence-corrected chi connectivity index (χ1v) is 7.34. The summed E-state index contributed by atoms with van der Waals surface area (Å²) in [5.41, 5.74) is 0.364. The lowest BCUT2D eigenvalue weighted by atomic mass is 10.1. The molecule has 0 aliphatic heterocycles. The maximum absolute atomic E-state index is 13.8. The van der Waals surface area contributed by atoms with Gasteiger partial charge in [-0.1, -0.05) is 18.2 Å². The van der Waals surface area contributed by atoms with E-state index in [0.717, 1.165) is 6.07 Å². The number of aliphatic hydroxyl groups excluding tert-OH is 1. The Hall–Kier alpha value is -3.13. The molecule has 1 unspecified atom stereocenters. The highest BCUT2D eigenvalue weighted by molar-refractivity contribution is 5.59. The second kappa shape index (κ2) is 6.78. The zero-order valence-electron chi connectivity index (χ0n) is 12.8. The van der Waals surface area contributed by atoms with Gasteiger partial charge >= 0.3 is 0 Å². The van der Waals surface area contributed by atoms with Crippen LogP contribution < -0.4 is 0 Å². The van der Waals surface area contributed by atoms with Crippen molar-refractivity contribution in [3.05, 3.63) is 82.2 Å². The summed E-state index contributed by atoms with van der Waals surface area (Å²) >= 11 is 0. The van der Waals surface area contributed by atoms with Crippen LogP contribution in [-0.2, 0) is 6.54 Å². The first-order chi connectivity index (χ1) is 12.0. The van der Waals surface area contributed by atoms with Crippen molar-refractivity contribution in [3.63, 3.8) is 0 Å². The molecule has 25 heavy (non-hydrogen) atoms. The monoisotopic (exact) mass is 345 g/mol. The largest absolute Gasteiger partial charge is 0.386 e. The highest BCUT2D eigenvalue weighted by Crippen LogP contribution is 2.25. The fraction of sp³-hybridized carbons (Fsp3) is 0.118. The number of hydrogen-bond acceptors (Lipinski definition) is 4. The average molecular weight is 345 g/mol. The van der Waals surface area contributed by atoms with Crippen LogP contribution in [0.15, 0.2) is 54.9 Å². The van der Waals surface area contributed by atoms with Gasteiger partial charge in [-0.3, -0.25) is 10.1 Å². The van der Waals surface area contributed by atoms with Gasteiger partial charge in [-0.15, -0.1) is 0 Å². The molecule has 1 heterocycles. The molecule has 128 valence electrons. The van der Waals surface area contributed by atoms with Crippen molar-refractivity contribution in [3.8, 4) is 11.4 Å². The number of nitro benzene ring substituents is 1. The number of non-ortho nitro benzene ring substituents is 1. The number of aliphatic hydroxyl groups is 1. The Bertz CT molecular complexity index is 927. The number of benzene rings is 2. The average Bonchev–Trinajstić information content (AvgIpc) is 3.02. The van der Waals surface area contributed by atoms with Gasteiger partial charge in [0.05, 0.1) is 17.6 Å². The van der Waals surface area contributed by atoms with Gasteiger partial charge in [0.1, 0.15) is 17.5 Å². The molecule has 3 aromatic rings. The van der Waals surface area contributed by atoms with E-state index in [-0.39, 0.29) is 17.8 Å². The fourth-order valence-electron chi connectivity index (χ4n) is 2.53. The lowest BCUT2D eigenvalue weighted by Crippen LogP contribution is -2.11. The van der Waals surface area contributed by atoms with E-state index < -0.39 is 22.7 Å². The normalized spacial score (nSPS) is 12.1. The van der Waals surface area contributed by atoms with Crippen LogP contribution in [0.1, 0.15) is 11.7 Å². The summed E-state index contributed by atoms with van der Waals surface area (Å²) in [5.74, 6) is -1.18. The molecule has 0 saturated heterocycles. The Kier molecular flexibility index (Phi) is 4.53. The predicted molar refractivity (Wildman–Crippen MR) is 85.6 cm³/mol. The molecule has 8 heteroatoms. The second-order valence-corrected chi connectivity index (χ2v) is 5.39. The van der Waals surface area contributed by atoms with Crippen molar-refractivity contribution in [2.24, 2.45) is 0 Å². The highest BCUT2D eigenvalue weighted by atomic mass is 19.1. The van der Waals surface area contributed by atoms with E-state index in [4.69, 9.17) is 0 Å². The maximum Gasteiger partial charge on any atom is 0.270 e. The van der Waals surface area contributed by atoms with Crippen molar-refractivity contribution >= 4 is 5.69 Å². The molecule has 1 N–H and O–H groups in total. The molecular weight excluding hydrogens is 332 g/mol. The molecule has 1 aromatic heterocycles. The standard InChI is InChI=1S/C17H13F2N3O3/c18-12-4-5-14(15(19)9-12)16(23)10-21-7-6-20-17(21)11-2-1-3-13(8-11)22(24)25/h1-9,16,23H,10H2. The minimum Gasteiger partial charge on any atom is -0.386 e. The minimum atomic E-state index is -1.23. The number of imidazole rings is 1. The minimum absolute atomic E-state index is 0.0411. The quantitative estimate of drug-likeness (QED) is 0.567. The first kappa shape index (κ1) is 16.7. The Labute approximate surface area is 141 Å². The summed E-state index contributed by atoms with van der Waals surface area (Å²) in [4.78, 5) is 14.5. The van der Waals surface area contributed by atoms with Gasteiger partial charge in [0.2, 0.25) is 0 Å². The molecule has 0 aliphatic carbocycles. The lowest BCUT2D eigenvalue weighted by Gasteiger charge is -2.15. The third-order valence-corrected chi connectivity index (χ3v) is 3.72. The smallest absolute Gasteiger partial charge is 0.270 e. The molecule has 0 amide bonds. The van der Waals surface area contributed by atoms with Gasteiger partial charge in [-0.25, -0.2) is 13.8 Å². The Morgan fingerprint density at radius 1 is 1.24 bits per heavy atom. The molecule has 0 aliphatic rings. The van der Waals surface area contributed by atoms with E-state index in [2.05, 4.69) is 4.98 Å². The van der Waals surface area contributed by atoms with E-state index in [1.807, 2.05) is 0 Å². The maximum atomic E-state index is 13.8. The summed E-state index contributed by atoms with van der Waals surface area (Å²) in [6, 6.07) is 8.85. The molecule has 6 nitrogen and oxygen atoms in total. The SMILES string of the molecule is O=[N+]([O-])c1cccc(-c2nccn2CC(O)c2ccc(F)cc2F)c1. The van der Waals surface area contributed by atoms with Crippen LogP contribution in [0, 0.1) is 21.7 Å². The molecule has 2 aromatic carbocycles. The lowest BCUT2D eigenvalue weighted by molar-refractivity contribution is -0.384. The van der Waals surface area contributed by atoms with E-state index >= 15 is 0 Å². The predicted octanol–water partition coefficient (Wildman–Crippen LogP) is 3.47. The van der Waals surface area contributed by atoms with Crippen molar-refractivity contribution in [2.75, 3.05) is 0 Å². The number of hydrogen-bond donors (Lipinski definition) is 1. The number of nitro groups is 1. The van der Waals surface area contributed by atoms with Crippen LogP contribution >= 0.6 is 0 Å². The molecule has 0 radical (unpaired) electrons. The fourth-order valence-corrected chi connectivity index (χ4v) is 2.53. The Morgan fingerprint density at radius 2 is 2.04 bits per heavy atom. The first-order valence-electron chi connectivity index (χ1n) is 7.34. The molecule has 0 fully saturated rings. The Morgan fingerprint density at radius 3 is 2.76 bits per heavy atom. The van der Waals surface area contributed by atoms with Gasteiger partial charge in [0.25, 0.3) is 5.69 Å². The van der Waals surface area contributed by atoms with Crippen molar-refractivity contribution < 1.29 is 18.8 Å². The second-order valence-electron chi connectivity index (χ2n) is 5.39. The van der Waals surface area contributed by atoms with E-state index in [0.29, 0.717) is 17.5 Å². The zero-order valence-corrected chi connectivity index (χ0v) is 12.8. The number of halogens is 2. The molecule has 0 spiro atoms. The molecule has 3 rings (SSSR count). The topological polar surface area (TPSA) is 81.2 Å². The van der Waals surface area contributed by atoms with Crippen molar-refractivity contribution in [1.82, 2.24) is 9.55 Å². The summed E-state index contributed by atoms with van der Waals surface area (Å²) in [5, 5.41) is 21.2. The van der Waals surface area contributed by atoms with Gasteiger partial charge in [0, 0.05) is 41.7 Å². The summed E-state index contributed by atoms with van der Waals surface area (Å²) in [6.45, 7) is -0.0411. The Balaban J connectivity index is 1.89. The van der Waals surface area contributed by atoms with E-state index in [9.17, 15) is 24.0 Å². The van der Waals surface area contributed by atoms with Gasteiger partial charge in [0.15, 0.2) is 0 Å². The van der Waals surface area contributed by atoms with E-state index in [1.54, 1.807) is 16.8 Å². The van der Waals surface area contributed by atoms with Crippen LogP contribution in [0.5, 0.6) is 0 Å². The summed E-state index contributed by atoms with van der Waals surface area (Å²) in [6.07, 6.45) is 1.81. The van der Waals surface area contributed by atoms with Crippen LogP contribution in [-0.4, -0.2) is 19.6 Å². The van der Waals surface area contributed by atoms with Gasteiger partial charge < -0.3 is 9.67 Å². The van der Waals surface area contributed by atoms with Crippen molar-refractivity contribution in [1.29, 1.82) is 0 Å².